The molecule has 1 heterocycles. The SMILES string of the molecule is COC(=O)C1=C(C)N(c2cccc(OC)c2)C(=O)C1=Cc1ccc(F)cc1. The molecule has 0 unspecified atom stereocenters. The normalized spacial score (nSPS) is 15.5. The molecular formula is C21H18FNO4. The third-order valence-corrected chi connectivity index (χ3v) is 4.28. The number of ether oxygens (including phenoxy) is 2. The summed E-state index contributed by atoms with van der Waals surface area (Å²) in [6, 6.07) is 12.6. The van der Waals surface area contributed by atoms with Crippen LogP contribution in [0.3, 0.4) is 0 Å². The number of hydrogen-bond donors (Lipinski definition) is 0. The third kappa shape index (κ3) is 3.46. The van der Waals surface area contributed by atoms with E-state index in [1.54, 1.807) is 37.3 Å². The van der Waals surface area contributed by atoms with Gasteiger partial charge in [0.25, 0.3) is 5.91 Å². The number of allylic oxidation sites excluding steroid dienone is 1. The Hall–Kier alpha value is -3.41. The van der Waals surface area contributed by atoms with Crippen molar-refractivity contribution in [1.82, 2.24) is 0 Å². The van der Waals surface area contributed by atoms with Crippen LogP contribution >= 0.6 is 0 Å². The number of rotatable bonds is 4. The van der Waals surface area contributed by atoms with Crippen molar-refractivity contribution in [3.05, 3.63) is 76.8 Å². The molecule has 0 atom stereocenters. The number of halogens is 1. The molecule has 0 spiro atoms. The van der Waals surface area contributed by atoms with Crippen LogP contribution in [-0.4, -0.2) is 26.1 Å². The molecule has 1 aliphatic rings. The van der Waals surface area contributed by atoms with Gasteiger partial charge in [0, 0.05) is 11.8 Å². The van der Waals surface area contributed by atoms with Gasteiger partial charge in [-0.2, -0.15) is 0 Å². The van der Waals surface area contributed by atoms with E-state index in [1.807, 2.05) is 0 Å². The number of esters is 1. The number of benzene rings is 2. The predicted octanol–water partition coefficient (Wildman–Crippen LogP) is 3.71. The molecule has 5 nitrogen and oxygen atoms in total. The molecular weight excluding hydrogens is 349 g/mol. The van der Waals surface area contributed by atoms with Crippen molar-refractivity contribution in [2.45, 2.75) is 6.92 Å². The maximum absolute atomic E-state index is 13.2. The molecule has 0 fully saturated rings. The fourth-order valence-electron chi connectivity index (χ4n) is 2.97. The van der Waals surface area contributed by atoms with Gasteiger partial charge in [-0.3, -0.25) is 9.69 Å². The van der Waals surface area contributed by atoms with Gasteiger partial charge in [-0.25, -0.2) is 9.18 Å². The minimum absolute atomic E-state index is 0.176. The van der Waals surface area contributed by atoms with Gasteiger partial charge in [-0.15, -0.1) is 0 Å². The van der Waals surface area contributed by atoms with Crippen molar-refractivity contribution in [2.75, 3.05) is 19.1 Å². The number of carbonyl (C=O) groups excluding carboxylic acids is 2. The fraction of sp³-hybridized carbons (Fsp3) is 0.143. The predicted molar refractivity (Wildman–Crippen MR) is 99.6 cm³/mol. The highest BCUT2D eigenvalue weighted by Crippen LogP contribution is 2.36. The van der Waals surface area contributed by atoms with Crippen LogP contribution in [-0.2, 0) is 14.3 Å². The molecule has 0 bridgehead atoms. The zero-order valence-corrected chi connectivity index (χ0v) is 15.2. The molecule has 2 aromatic rings. The highest BCUT2D eigenvalue weighted by Gasteiger charge is 2.38. The van der Waals surface area contributed by atoms with Crippen LogP contribution < -0.4 is 9.64 Å². The summed E-state index contributed by atoms with van der Waals surface area (Å²) in [6.45, 7) is 1.68. The van der Waals surface area contributed by atoms with Gasteiger partial charge < -0.3 is 9.47 Å². The Morgan fingerprint density at radius 3 is 2.44 bits per heavy atom. The molecule has 6 heteroatoms. The summed E-state index contributed by atoms with van der Waals surface area (Å²) in [5, 5.41) is 0. The van der Waals surface area contributed by atoms with E-state index in [1.165, 1.54) is 43.4 Å². The van der Waals surface area contributed by atoms with Crippen LogP contribution in [0.25, 0.3) is 6.08 Å². The highest BCUT2D eigenvalue weighted by atomic mass is 19.1. The van der Waals surface area contributed by atoms with Crippen molar-refractivity contribution in [3.63, 3.8) is 0 Å². The van der Waals surface area contributed by atoms with E-state index in [9.17, 15) is 14.0 Å². The van der Waals surface area contributed by atoms with Gasteiger partial charge >= 0.3 is 5.97 Å². The lowest BCUT2D eigenvalue weighted by atomic mass is 10.0. The monoisotopic (exact) mass is 367 g/mol. The Bertz CT molecular complexity index is 960. The number of anilines is 1. The van der Waals surface area contributed by atoms with Gasteiger partial charge in [-0.05, 0) is 42.8 Å². The maximum Gasteiger partial charge on any atom is 0.340 e. The molecule has 1 aliphatic heterocycles. The standard InChI is InChI=1S/C21H18FNO4/c1-13-19(21(25)27-3)18(11-14-7-9-15(22)10-8-14)20(24)23(13)16-5-4-6-17(12-16)26-2/h4-12H,1-3H3. The van der Waals surface area contributed by atoms with Crippen molar-refractivity contribution in [2.24, 2.45) is 0 Å². The van der Waals surface area contributed by atoms with Crippen molar-refractivity contribution in [3.8, 4) is 5.75 Å². The smallest absolute Gasteiger partial charge is 0.340 e. The number of amides is 1. The summed E-state index contributed by atoms with van der Waals surface area (Å²) < 4.78 is 23.2. The van der Waals surface area contributed by atoms with E-state index in [0.29, 0.717) is 22.7 Å². The van der Waals surface area contributed by atoms with E-state index in [2.05, 4.69) is 0 Å². The van der Waals surface area contributed by atoms with Gasteiger partial charge in [0.05, 0.1) is 31.1 Å². The maximum atomic E-state index is 13.2. The first-order valence-corrected chi connectivity index (χ1v) is 8.21. The number of methoxy groups -OCH3 is 2. The van der Waals surface area contributed by atoms with Crippen LogP contribution in [0, 0.1) is 5.82 Å². The van der Waals surface area contributed by atoms with Crippen LogP contribution in [0.1, 0.15) is 12.5 Å². The lowest BCUT2D eigenvalue weighted by Crippen LogP contribution is -2.24. The molecule has 0 radical (unpaired) electrons. The van der Waals surface area contributed by atoms with Crippen LogP contribution in [0.5, 0.6) is 5.75 Å². The van der Waals surface area contributed by atoms with E-state index in [-0.39, 0.29) is 22.9 Å². The molecule has 0 aromatic heterocycles. The fourth-order valence-corrected chi connectivity index (χ4v) is 2.97. The van der Waals surface area contributed by atoms with Gasteiger partial charge in [0.15, 0.2) is 0 Å². The Morgan fingerprint density at radius 1 is 1.11 bits per heavy atom. The largest absolute Gasteiger partial charge is 0.497 e. The molecule has 1 amide bonds. The summed E-state index contributed by atoms with van der Waals surface area (Å²) in [5.41, 5.74) is 1.99. The zero-order chi connectivity index (χ0) is 19.6. The third-order valence-electron chi connectivity index (χ3n) is 4.28. The average molecular weight is 367 g/mol. The summed E-state index contributed by atoms with van der Waals surface area (Å²) in [6.07, 6.45) is 1.55. The minimum atomic E-state index is -0.611. The Kier molecular flexibility index (Phi) is 5.07. The zero-order valence-electron chi connectivity index (χ0n) is 15.2. The summed E-state index contributed by atoms with van der Waals surface area (Å²) in [5.74, 6) is -0.776. The quantitative estimate of drug-likeness (QED) is 0.611. The minimum Gasteiger partial charge on any atom is -0.497 e. The summed E-state index contributed by atoms with van der Waals surface area (Å²) >= 11 is 0. The van der Waals surface area contributed by atoms with Gasteiger partial charge in [0.2, 0.25) is 0 Å². The number of hydrogen-bond acceptors (Lipinski definition) is 4. The second kappa shape index (κ2) is 7.45. The van der Waals surface area contributed by atoms with Crippen LogP contribution in [0.2, 0.25) is 0 Å². The molecule has 27 heavy (non-hydrogen) atoms. The van der Waals surface area contributed by atoms with E-state index in [4.69, 9.17) is 9.47 Å². The first-order chi connectivity index (χ1) is 13.0. The van der Waals surface area contributed by atoms with Crippen molar-refractivity contribution < 1.29 is 23.5 Å². The van der Waals surface area contributed by atoms with Crippen molar-refractivity contribution in [1.29, 1.82) is 0 Å². The van der Waals surface area contributed by atoms with E-state index in [0.717, 1.165) is 0 Å². The molecule has 138 valence electrons. The average Bonchev–Trinajstić information content (AvgIpc) is 2.92. The van der Waals surface area contributed by atoms with E-state index < -0.39 is 5.97 Å². The summed E-state index contributed by atoms with van der Waals surface area (Å²) in [7, 11) is 2.80. The second-order valence-electron chi connectivity index (χ2n) is 5.90. The molecule has 0 N–H and O–H groups in total. The lowest BCUT2D eigenvalue weighted by Gasteiger charge is -2.18. The Balaban J connectivity index is 2.12. The first kappa shape index (κ1) is 18.4. The van der Waals surface area contributed by atoms with Crippen LogP contribution in [0.15, 0.2) is 65.4 Å². The molecule has 2 aromatic carbocycles. The highest BCUT2D eigenvalue weighted by molar-refractivity contribution is 6.23. The molecule has 0 saturated heterocycles. The first-order valence-electron chi connectivity index (χ1n) is 8.21. The lowest BCUT2D eigenvalue weighted by molar-refractivity contribution is -0.136. The second-order valence-corrected chi connectivity index (χ2v) is 5.90. The molecule has 3 rings (SSSR count). The Labute approximate surface area is 156 Å². The Morgan fingerprint density at radius 2 is 1.81 bits per heavy atom. The van der Waals surface area contributed by atoms with E-state index >= 15 is 0 Å². The van der Waals surface area contributed by atoms with Gasteiger partial charge in [0.1, 0.15) is 11.6 Å². The summed E-state index contributed by atoms with van der Waals surface area (Å²) in [4.78, 5) is 26.9. The molecule has 0 saturated carbocycles. The number of nitrogens with zero attached hydrogens (tertiary/aromatic N) is 1. The number of carbonyl (C=O) groups is 2. The van der Waals surface area contributed by atoms with Gasteiger partial charge in [-0.1, -0.05) is 18.2 Å². The molecule has 0 aliphatic carbocycles. The van der Waals surface area contributed by atoms with Crippen LogP contribution in [0.4, 0.5) is 10.1 Å². The topological polar surface area (TPSA) is 55.8 Å². The van der Waals surface area contributed by atoms with Crippen molar-refractivity contribution >= 4 is 23.6 Å².